The van der Waals surface area contributed by atoms with Gasteiger partial charge in [0.05, 0.1) is 0 Å². The zero-order valence-corrected chi connectivity index (χ0v) is 6.30. The van der Waals surface area contributed by atoms with Gasteiger partial charge in [0.1, 0.15) is 0 Å². The summed E-state index contributed by atoms with van der Waals surface area (Å²) in [6.45, 7) is 4.88. The predicted molar refractivity (Wildman–Crippen MR) is 46.8 cm³/mol. The molecule has 55 valence electrons. The zero-order valence-electron chi connectivity index (χ0n) is 6.30. The van der Waals surface area contributed by atoms with Crippen molar-refractivity contribution in [2.24, 2.45) is 0 Å². The van der Waals surface area contributed by atoms with Crippen LogP contribution in [0, 0.1) is 6.92 Å². The highest BCUT2D eigenvalue weighted by Gasteiger charge is 2.03. The lowest BCUT2D eigenvalue weighted by molar-refractivity contribution is 0.858. The van der Waals surface area contributed by atoms with Crippen molar-refractivity contribution in [3.8, 4) is 0 Å². The quantitative estimate of drug-likeness (QED) is 0.586. The van der Waals surface area contributed by atoms with E-state index in [0.717, 1.165) is 12.1 Å². The Kier molecular flexibility index (Phi) is 1.42. The van der Waals surface area contributed by atoms with E-state index in [1.54, 1.807) is 0 Å². The van der Waals surface area contributed by atoms with Crippen LogP contribution >= 0.6 is 0 Å². The minimum Gasteiger partial charge on any atom is -0.387 e. The summed E-state index contributed by atoms with van der Waals surface area (Å²) < 4.78 is 0. The normalized spacial score (nSPS) is 13.9. The summed E-state index contributed by atoms with van der Waals surface area (Å²) in [6.07, 6.45) is 4.04. The van der Waals surface area contributed by atoms with E-state index < -0.39 is 0 Å². The molecule has 0 spiro atoms. The molecule has 1 aromatic carbocycles. The fraction of sp³-hybridized carbons (Fsp3) is 0.100. The monoisotopic (exact) mass is 144 g/mol. The molecular formula is C10H10N. The van der Waals surface area contributed by atoms with Gasteiger partial charge < -0.3 is 5.32 Å². The van der Waals surface area contributed by atoms with E-state index in [0.29, 0.717) is 0 Å². The first kappa shape index (κ1) is 6.47. The molecule has 0 saturated heterocycles. The van der Waals surface area contributed by atoms with E-state index in [2.05, 4.69) is 24.4 Å². The minimum atomic E-state index is 0.926. The molecule has 0 fully saturated rings. The number of rotatable bonds is 0. The molecule has 1 aliphatic rings. The molecule has 1 N–H and O–H groups in total. The average molecular weight is 144 g/mol. The van der Waals surface area contributed by atoms with Gasteiger partial charge in [-0.3, -0.25) is 0 Å². The molecular weight excluding hydrogens is 134 g/mol. The van der Waals surface area contributed by atoms with Gasteiger partial charge in [0.2, 0.25) is 0 Å². The lowest BCUT2D eigenvalue weighted by atomic mass is 10.0. The molecule has 1 nitrogen and oxygen atoms in total. The van der Waals surface area contributed by atoms with Gasteiger partial charge in [-0.25, -0.2) is 0 Å². The van der Waals surface area contributed by atoms with Crippen molar-refractivity contribution in [1.82, 2.24) is 5.32 Å². The molecule has 0 unspecified atom stereocenters. The van der Waals surface area contributed by atoms with E-state index in [1.165, 1.54) is 11.1 Å². The van der Waals surface area contributed by atoms with Crippen LogP contribution in [0.25, 0.3) is 6.08 Å². The van der Waals surface area contributed by atoms with Crippen molar-refractivity contribution in [2.75, 3.05) is 0 Å². The molecule has 11 heavy (non-hydrogen) atoms. The summed E-state index contributed by atoms with van der Waals surface area (Å²) in [4.78, 5) is 0. The fourth-order valence-electron chi connectivity index (χ4n) is 1.35. The third kappa shape index (κ3) is 1.03. The third-order valence-corrected chi connectivity index (χ3v) is 1.95. The maximum atomic E-state index is 3.95. The topological polar surface area (TPSA) is 12.0 Å². The molecule has 0 aromatic heterocycles. The molecule has 0 amide bonds. The number of hydrogen-bond donors (Lipinski definition) is 1. The van der Waals surface area contributed by atoms with Gasteiger partial charge in [0.15, 0.2) is 0 Å². The SMILES string of the molecule is [CH2]c1cccc2c1C=CNC2. The van der Waals surface area contributed by atoms with E-state index >= 15 is 0 Å². The van der Waals surface area contributed by atoms with Gasteiger partial charge >= 0.3 is 0 Å². The molecule has 0 aliphatic carbocycles. The van der Waals surface area contributed by atoms with Crippen LogP contribution in [-0.4, -0.2) is 0 Å². The Balaban J connectivity index is 2.60. The predicted octanol–water partition coefficient (Wildman–Crippen LogP) is 1.94. The van der Waals surface area contributed by atoms with Crippen LogP contribution in [-0.2, 0) is 6.54 Å². The second kappa shape index (κ2) is 2.42. The summed E-state index contributed by atoms with van der Waals surface area (Å²) >= 11 is 0. The van der Waals surface area contributed by atoms with E-state index in [9.17, 15) is 0 Å². The van der Waals surface area contributed by atoms with Crippen LogP contribution in [0.4, 0.5) is 0 Å². The third-order valence-electron chi connectivity index (χ3n) is 1.95. The zero-order chi connectivity index (χ0) is 7.68. The first-order valence-corrected chi connectivity index (χ1v) is 3.72. The van der Waals surface area contributed by atoms with E-state index in [4.69, 9.17) is 0 Å². The van der Waals surface area contributed by atoms with Gasteiger partial charge in [0.25, 0.3) is 0 Å². The number of hydrogen-bond acceptors (Lipinski definition) is 1. The summed E-state index contributed by atoms with van der Waals surface area (Å²) in [5.74, 6) is 0. The van der Waals surface area contributed by atoms with Crippen LogP contribution in [0.5, 0.6) is 0 Å². The van der Waals surface area contributed by atoms with Crippen LogP contribution in [0.2, 0.25) is 0 Å². The standard InChI is InChI=1S/C10H10N/c1-8-3-2-4-9-7-11-6-5-10(8)9/h2-6,11H,1,7H2. The summed E-state index contributed by atoms with van der Waals surface area (Å²) in [6, 6.07) is 6.21. The van der Waals surface area contributed by atoms with Gasteiger partial charge in [0, 0.05) is 6.54 Å². The Labute approximate surface area is 66.7 Å². The van der Waals surface area contributed by atoms with Gasteiger partial charge in [-0.2, -0.15) is 0 Å². The van der Waals surface area contributed by atoms with Crippen LogP contribution < -0.4 is 5.32 Å². The highest BCUT2D eigenvalue weighted by molar-refractivity contribution is 5.60. The van der Waals surface area contributed by atoms with Crippen molar-refractivity contribution in [2.45, 2.75) is 6.54 Å². The van der Waals surface area contributed by atoms with Crippen LogP contribution in [0.15, 0.2) is 24.4 Å². The summed E-state index contributed by atoms with van der Waals surface area (Å²) in [7, 11) is 0. The van der Waals surface area contributed by atoms with Crippen molar-refractivity contribution in [3.63, 3.8) is 0 Å². The number of nitrogens with one attached hydrogen (secondary N) is 1. The molecule has 0 saturated carbocycles. The molecule has 1 heteroatoms. The molecule has 0 bridgehead atoms. The Morgan fingerprint density at radius 3 is 3.09 bits per heavy atom. The minimum absolute atomic E-state index is 0.926. The highest BCUT2D eigenvalue weighted by atomic mass is 14.8. The van der Waals surface area contributed by atoms with Crippen LogP contribution in [0.3, 0.4) is 0 Å². The second-order valence-corrected chi connectivity index (χ2v) is 2.70. The Hall–Kier alpha value is -1.24. The highest BCUT2D eigenvalue weighted by Crippen LogP contribution is 2.17. The smallest absolute Gasteiger partial charge is 0.0401 e. The Morgan fingerprint density at radius 2 is 2.27 bits per heavy atom. The van der Waals surface area contributed by atoms with Gasteiger partial charge in [-0.15, -0.1) is 0 Å². The Bertz CT molecular complexity index is 300. The first-order valence-electron chi connectivity index (χ1n) is 3.72. The first-order chi connectivity index (χ1) is 5.38. The van der Waals surface area contributed by atoms with Gasteiger partial charge in [-0.1, -0.05) is 18.2 Å². The van der Waals surface area contributed by atoms with Gasteiger partial charge in [-0.05, 0) is 35.9 Å². The molecule has 1 aliphatic heterocycles. The molecule has 1 radical (unpaired) electrons. The van der Waals surface area contributed by atoms with Crippen molar-refractivity contribution in [1.29, 1.82) is 0 Å². The summed E-state index contributed by atoms with van der Waals surface area (Å²) in [5.41, 5.74) is 3.71. The molecule has 1 heterocycles. The maximum Gasteiger partial charge on any atom is 0.0401 e. The lowest BCUT2D eigenvalue weighted by Gasteiger charge is -2.13. The number of fused-ring (bicyclic) bond motifs is 1. The second-order valence-electron chi connectivity index (χ2n) is 2.70. The molecule has 1 aromatic rings. The number of benzene rings is 1. The Morgan fingerprint density at radius 1 is 1.36 bits per heavy atom. The largest absolute Gasteiger partial charge is 0.387 e. The van der Waals surface area contributed by atoms with Crippen molar-refractivity contribution >= 4 is 6.08 Å². The summed E-state index contributed by atoms with van der Waals surface area (Å²) in [5, 5.41) is 3.16. The average Bonchev–Trinajstić information content (AvgIpc) is 2.06. The lowest BCUT2D eigenvalue weighted by Crippen LogP contribution is -2.10. The van der Waals surface area contributed by atoms with E-state index in [-0.39, 0.29) is 0 Å². The van der Waals surface area contributed by atoms with Crippen molar-refractivity contribution in [3.05, 3.63) is 48.0 Å². The van der Waals surface area contributed by atoms with Crippen molar-refractivity contribution < 1.29 is 0 Å². The fourth-order valence-corrected chi connectivity index (χ4v) is 1.35. The molecule has 0 atom stereocenters. The van der Waals surface area contributed by atoms with E-state index in [1.807, 2.05) is 18.3 Å². The van der Waals surface area contributed by atoms with Crippen LogP contribution in [0.1, 0.15) is 16.7 Å². The molecule has 2 rings (SSSR count). The maximum absolute atomic E-state index is 3.95.